The minimum atomic E-state index is -0.386. The summed E-state index contributed by atoms with van der Waals surface area (Å²) < 4.78 is 5.07. The van der Waals surface area contributed by atoms with Crippen molar-refractivity contribution in [3.8, 4) is 11.5 Å². The number of phenols is 1. The van der Waals surface area contributed by atoms with Gasteiger partial charge in [0.05, 0.1) is 5.92 Å². The maximum Gasteiger partial charge on any atom is 0.308 e. The van der Waals surface area contributed by atoms with Crippen LogP contribution in [0.5, 0.6) is 11.5 Å². The number of carbonyl (C=O) groups is 2. The number of Topliss-reactive ketones (excluding diaryl/α,β-unsaturated/α-hetero) is 1. The van der Waals surface area contributed by atoms with E-state index in [1.165, 1.54) is 19.1 Å². The molecule has 0 spiro atoms. The van der Waals surface area contributed by atoms with E-state index >= 15 is 0 Å². The summed E-state index contributed by atoms with van der Waals surface area (Å²) in [4.78, 5) is 24.3. The van der Waals surface area contributed by atoms with Gasteiger partial charge in [-0.3, -0.25) is 9.59 Å². The van der Waals surface area contributed by atoms with E-state index in [2.05, 4.69) is 0 Å². The Morgan fingerprint density at radius 2 is 1.52 bits per heavy atom. The first-order valence-corrected chi connectivity index (χ1v) is 8.68. The molecule has 0 amide bonds. The van der Waals surface area contributed by atoms with E-state index in [1.54, 1.807) is 24.3 Å². The van der Waals surface area contributed by atoms with Gasteiger partial charge in [0.1, 0.15) is 11.5 Å². The summed E-state index contributed by atoms with van der Waals surface area (Å²) in [5, 5.41) is 9.48. The maximum atomic E-state index is 13.2. The Balaban J connectivity index is 1.92. The fraction of sp³-hybridized carbons (Fsp3) is 0.130. The Morgan fingerprint density at radius 3 is 2.11 bits per heavy atom. The van der Waals surface area contributed by atoms with E-state index < -0.39 is 0 Å². The van der Waals surface area contributed by atoms with Crippen LogP contribution in [0.3, 0.4) is 0 Å². The molecule has 0 aliphatic rings. The number of carbonyl (C=O) groups excluding carboxylic acids is 2. The van der Waals surface area contributed by atoms with Crippen LogP contribution in [0, 0.1) is 0 Å². The summed E-state index contributed by atoms with van der Waals surface area (Å²) in [6.45, 7) is 1.35. The lowest BCUT2D eigenvalue weighted by molar-refractivity contribution is -0.131. The van der Waals surface area contributed by atoms with E-state index in [1.807, 2.05) is 42.5 Å². The van der Waals surface area contributed by atoms with Gasteiger partial charge in [0.15, 0.2) is 5.78 Å². The summed E-state index contributed by atoms with van der Waals surface area (Å²) >= 11 is 0. The predicted octanol–water partition coefficient (Wildman–Crippen LogP) is 4.53. The Labute approximate surface area is 158 Å². The summed E-state index contributed by atoms with van der Waals surface area (Å²) in [7, 11) is 0. The highest BCUT2D eigenvalue weighted by molar-refractivity contribution is 6.01. The zero-order valence-electron chi connectivity index (χ0n) is 15.0. The molecule has 1 unspecified atom stereocenters. The molecule has 27 heavy (non-hydrogen) atoms. The number of benzene rings is 3. The average Bonchev–Trinajstić information content (AvgIpc) is 2.67. The molecule has 4 heteroatoms. The van der Waals surface area contributed by atoms with Crippen molar-refractivity contribution in [2.45, 2.75) is 19.3 Å². The van der Waals surface area contributed by atoms with Crippen LogP contribution in [0.2, 0.25) is 0 Å². The van der Waals surface area contributed by atoms with Crippen molar-refractivity contribution in [2.75, 3.05) is 0 Å². The second-order valence-corrected chi connectivity index (χ2v) is 6.32. The second kappa shape index (κ2) is 8.32. The predicted molar refractivity (Wildman–Crippen MR) is 103 cm³/mol. The van der Waals surface area contributed by atoms with Crippen LogP contribution in [0.1, 0.15) is 34.3 Å². The van der Waals surface area contributed by atoms with Crippen molar-refractivity contribution in [3.05, 3.63) is 95.6 Å². The number of ether oxygens (including phenoxy) is 1. The van der Waals surface area contributed by atoms with Gasteiger partial charge in [-0.1, -0.05) is 42.5 Å². The third-order valence-electron chi connectivity index (χ3n) is 4.30. The van der Waals surface area contributed by atoms with Crippen LogP contribution < -0.4 is 4.74 Å². The maximum absolute atomic E-state index is 13.2. The first kappa shape index (κ1) is 18.4. The van der Waals surface area contributed by atoms with E-state index in [9.17, 15) is 14.7 Å². The van der Waals surface area contributed by atoms with Gasteiger partial charge in [0.2, 0.25) is 0 Å². The minimum absolute atomic E-state index is 0.0286. The third kappa shape index (κ3) is 4.82. The lowest BCUT2D eigenvalue weighted by Crippen LogP contribution is -2.16. The Kier molecular flexibility index (Phi) is 5.67. The van der Waals surface area contributed by atoms with Crippen LogP contribution in [0.25, 0.3) is 0 Å². The average molecular weight is 360 g/mol. The second-order valence-electron chi connectivity index (χ2n) is 6.32. The summed E-state index contributed by atoms with van der Waals surface area (Å²) in [6.07, 6.45) is 0.549. The molecule has 0 saturated carbocycles. The molecule has 3 aromatic rings. The van der Waals surface area contributed by atoms with Gasteiger partial charge < -0.3 is 9.84 Å². The zero-order chi connectivity index (χ0) is 19.2. The standard InChI is InChI=1S/C23H20O4/c1-16(24)27-21-13-9-18(10-14-21)22(15-17-5-3-2-4-6-17)23(26)19-7-11-20(25)12-8-19/h2-14,22,25H,15H2,1H3. The first-order chi connectivity index (χ1) is 13.0. The van der Waals surface area contributed by atoms with Gasteiger partial charge in [-0.15, -0.1) is 0 Å². The summed E-state index contributed by atoms with van der Waals surface area (Å²) in [6, 6.07) is 23.1. The van der Waals surface area contributed by atoms with E-state index in [0.717, 1.165) is 11.1 Å². The molecule has 0 aliphatic heterocycles. The van der Waals surface area contributed by atoms with E-state index in [4.69, 9.17) is 4.74 Å². The fourth-order valence-electron chi connectivity index (χ4n) is 2.97. The highest BCUT2D eigenvalue weighted by Crippen LogP contribution is 2.28. The number of rotatable bonds is 6. The number of phenolic OH excluding ortho intramolecular Hbond substituents is 1. The van der Waals surface area contributed by atoms with Crippen LogP contribution in [-0.4, -0.2) is 16.9 Å². The molecule has 0 fully saturated rings. The molecule has 0 aromatic heterocycles. The summed E-state index contributed by atoms with van der Waals surface area (Å²) in [5.41, 5.74) is 2.43. The van der Waals surface area contributed by atoms with Crippen molar-refractivity contribution >= 4 is 11.8 Å². The van der Waals surface area contributed by atoms with Gasteiger partial charge >= 0.3 is 5.97 Å². The lowest BCUT2D eigenvalue weighted by Gasteiger charge is -2.17. The Hall–Kier alpha value is -3.40. The van der Waals surface area contributed by atoms with Gasteiger partial charge in [-0.05, 0) is 53.9 Å². The SMILES string of the molecule is CC(=O)Oc1ccc(C(Cc2ccccc2)C(=O)c2ccc(O)cc2)cc1. The van der Waals surface area contributed by atoms with Gasteiger partial charge in [-0.2, -0.15) is 0 Å². The van der Waals surface area contributed by atoms with Gasteiger partial charge in [0.25, 0.3) is 0 Å². The normalized spacial score (nSPS) is 11.6. The van der Waals surface area contributed by atoms with Crippen LogP contribution in [0.4, 0.5) is 0 Å². The molecule has 0 saturated heterocycles. The minimum Gasteiger partial charge on any atom is -0.508 e. The molecule has 4 nitrogen and oxygen atoms in total. The summed E-state index contributed by atoms with van der Waals surface area (Å²) in [5.74, 6) is -0.232. The first-order valence-electron chi connectivity index (χ1n) is 8.68. The van der Waals surface area contributed by atoms with Gasteiger partial charge in [-0.25, -0.2) is 0 Å². The quantitative estimate of drug-likeness (QED) is 0.399. The van der Waals surface area contributed by atoms with Crippen molar-refractivity contribution in [1.29, 1.82) is 0 Å². The molecule has 0 aliphatic carbocycles. The molecule has 0 radical (unpaired) electrons. The molecular weight excluding hydrogens is 340 g/mol. The van der Waals surface area contributed by atoms with Crippen LogP contribution in [-0.2, 0) is 11.2 Å². The number of hydrogen-bond acceptors (Lipinski definition) is 4. The van der Waals surface area contributed by atoms with Crippen molar-refractivity contribution < 1.29 is 19.4 Å². The molecule has 136 valence electrons. The number of hydrogen-bond donors (Lipinski definition) is 1. The van der Waals surface area contributed by atoms with Crippen LogP contribution in [0.15, 0.2) is 78.9 Å². The number of esters is 1. The molecule has 0 heterocycles. The smallest absolute Gasteiger partial charge is 0.308 e. The largest absolute Gasteiger partial charge is 0.508 e. The monoisotopic (exact) mass is 360 g/mol. The molecular formula is C23H20O4. The van der Waals surface area contributed by atoms with Crippen molar-refractivity contribution in [3.63, 3.8) is 0 Å². The topological polar surface area (TPSA) is 63.6 Å². The van der Waals surface area contributed by atoms with Crippen molar-refractivity contribution in [1.82, 2.24) is 0 Å². The Bertz CT molecular complexity index is 913. The highest BCUT2D eigenvalue weighted by atomic mass is 16.5. The van der Waals surface area contributed by atoms with E-state index in [0.29, 0.717) is 17.7 Å². The molecule has 3 rings (SSSR count). The third-order valence-corrected chi connectivity index (χ3v) is 4.30. The van der Waals surface area contributed by atoms with Crippen LogP contribution >= 0.6 is 0 Å². The molecule has 0 bridgehead atoms. The van der Waals surface area contributed by atoms with Crippen molar-refractivity contribution in [2.24, 2.45) is 0 Å². The molecule has 3 aromatic carbocycles. The molecule has 1 atom stereocenters. The van der Waals surface area contributed by atoms with E-state index in [-0.39, 0.29) is 23.4 Å². The zero-order valence-corrected chi connectivity index (χ0v) is 15.0. The lowest BCUT2D eigenvalue weighted by atomic mass is 9.85. The number of ketones is 1. The highest BCUT2D eigenvalue weighted by Gasteiger charge is 2.23. The fourth-order valence-corrected chi connectivity index (χ4v) is 2.97. The number of aromatic hydroxyl groups is 1. The Morgan fingerprint density at radius 1 is 0.889 bits per heavy atom. The van der Waals surface area contributed by atoms with Gasteiger partial charge in [0, 0.05) is 12.5 Å². The molecule has 1 N–H and O–H groups in total.